The Morgan fingerprint density at radius 2 is 1.95 bits per heavy atom. The maximum absolute atomic E-state index is 12.3. The van der Waals surface area contributed by atoms with Crippen LogP contribution < -0.4 is 0 Å². The molecule has 1 saturated carbocycles. The van der Waals surface area contributed by atoms with Crippen LogP contribution in [0.4, 0.5) is 0 Å². The molecule has 2 atom stereocenters. The lowest BCUT2D eigenvalue weighted by molar-refractivity contribution is -0.167. The molecular weight excluding hydrogens is 298 g/mol. The molecule has 4 heteroatoms. The summed E-state index contributed by atoms with van der Waals surface area (Å²) < 4.78 is 5.93. The van der Waals surface area contributed by atoms with Crippen LogP contribution in [0.1, 0.15) is 38.2 Å². The number of hydrogen-bond acceptors (Lipinski definition) is 3. The van der Waals surface area contributed by atoms with Gasteiger partial charge in [0.15, 0.2) is 0 Å². The molecule has 0 spiro atoms. The molecule has 2 unspecified atom stereocenters. The van der Waals surface area contributed by atoms with Gasteiger partial charge in [-0.3, -0.25) is 4.79 Å². The van der Waals surface area contributed by atoms with E-state index in [2.05, 4.69) is 25.9 Å². The van der Waals surface area contributed by atoms with Gasteiger partial charge in [0.1, 0.15) is 5.60 Å². The highest BCUT2D eigenvalue weighted by Crippen LogP contribution is 2.37. The third kappa shape index (κ3) is 5.29. The van der Waals surface area contributed by atoms with Gasteiger partial charge in [0.25, 0.3) is 0 Å². The number of esters is 1. The molecule has 22 heavy (non-hydrogen) atoms. The second-order valence-electron chi connectivity index (χ2n) is 6.65. The average Bonchev–Trinajstić information content (AvgIpc) is 2.42. The molecule has 1 aromatic carbocycles. The SMILES string of the molecule is CN(C)CC1CCCCC1(C)OC(=O)Cc1ccccc1.Cl. The standard InChI is InChI=1S/C18H27NO2.ClH/c1-18(12-8-7-11-16(18)14-19(2)3)21-17(20)13-15-9-5-4-6-10-15;/h4-6,9-10,16H,7-8,11-14H2,1-3H3;1H. The summed E-state index contributed by atoms with van der Waals surface area (Å²) in [6.45, 7) is 3.10. The molecule has 1 aliphatic carbocycles. The van der Waals surface area contributed by atoms with Gasteiger partial charge in [0.2, 0.25) is 0 Å². The van der Waals surface area contributed by atoms with E-state index in [1.807, 2.05) is 30.3 Å². The molecule has 0 aromatic heterocycles. The molecule has 1 aliphatic rings. The summed E-state index contributed by atoms with van der Waals surface area (Å²) in [5.41, 5.74) is 0.708. The van der Waals surface area contributed by atoms with Crippen LogP contribution in [0.25, 0.3) is 0 Å². The van der Waals surface area contributed by atoms with E-state index in [1.165, 1.54) is 6.42 Å². The molecule has 3 nitrogen and oxygen atoms in total. The summed E-state index contributed by atoms with van der Waals surface area (Å²) in [7, 11) is 4.17. The fraction of sp³-hybridized carbons (Fsp3) is 0.611. The van der Waals surface area contributed by atoms with Crippen LogP contribution in [0, 0.1) is 5.92 Å². The zero-order valence-electron chi connectivity index (χ0n) is 13.9. The van der Waals surface area contributed by atoms with E-state index in [9.17, 15) is 4.79 Å². The van der Waals surface area contributed by atoms with Gasteiger partial charge in [-0.25, -0.2) is 0 Å². The Balaban J connectivity index is 0.00000242. The van der Waals surface area contributed by atoms with E-state index >= 15 is 0 Å². The van der Waals surface area contributed by atoms with Crippen molar-refractivity contribution in [2.24, 2.45) is 5.92 Å². The van der Waals surface area contributed by atoms with Gasteiger partial charge in [-0.15, -0.1) is 12.4 Å². The first-order valence-corrected chi connectivity index (χ1v) is 7.90. The molecule has 0 heterocycles. The minimum absolute atomic E-state index is 0. The van der Waals surface area contributed by atoms with Gasteiger partial charge >= 0.3 is 5.97 Å². The molecule has 124 valence electrons. The quantitative estimate of drug-likeness (QED) is 0.773. The fourth-order valence-corrected chi connectivity index (χ4v) is 3.29. The van der Waals surface area contributed by atoms with Crippen molar-refractivity contribution in [1.29, 1.82) is 0 Å². The maximum Gasteiger partial charge on any atom is 0.310 e. The molecular formula is C18H28ClNO2. The van der Waals surface area contributed by atoms with E-state index in [-0.39, 0.29) is 24.0 Å². The summed E-state index contributed by atoms with van der Waals surface area (Å²) in [6.07, 6.45) is 4.88. The monoisotopic (exact) mass is 325 g/mol. The molecule has 0 saturated heterocycles. The summed E-state index contributed by atoms with van der Waals surface area (Å²) in [5, 5.41) is 0. The van der Waals surface area contributed by atoms with Crippen LogP contribution >= 0.6 is 12.4 Å². The highest BCUT2D eigenvalue weighted by molar-refractivity contribution is 5.85. The Morgan fingerprint density at radius 3 is 2.59 bits per heavy atom. The number of halogens is 1. The first-order chi connectivity index (χ1) is 9.99. The highest BCUT2D eigenvalue weighted by Gasteiger charge is 2.40. The summed E-state index contributed by atoms with van der Waals surface area (Å²) >= 11 is 0. The van der Waals surface area contributed by atoms with Crippen molar-refractivity contribution in [3.05, 3.63) is 35.9 Å². The normalized spacial score (nSPS) is 24.6. The molecule has 2 rings (SSSR count). The van der Waals surface area contributed by atoms with Crippen LogP contribution in [0.3, 0.4) is 0 Å². The number of ether oxygens (including phenoxy) is 1. The van der Waals surface area contributed by atoms with Gasteiger partial charge in [0, 0.05) is 12.5 Å². The van der Waals surface area contributed by atoms with Crippen molar-refractivity contribution in [2.75, 3.05) is 20.6 Å². The molecule has 1 aromatic rings. The molecule has 1 fully saturated rings. The number of hydrogen-bond donors (Lipinski definition) is 0. The Labute approximate surface area is 140 Å². The van der Waals surface area contributed by atoms with E-state index in [1.54, 1.807) is 0 Å². The van der Waals surface area contributed by atoms with E-state index < -0.39 is 0 Å². The lowest BCUT2D eigenvalue weighted by Gasteiger charge is -2.42. The van der Waals surface area contributed by atoms with Gasteiger partial charge < -0.3 is 9.64 Å². The summed E-state index contributed by atoms with van der Waals surface area (Å²) in [6, 6.07) is 9.83. The predicted octanol–water partition coefficient (Wildman–Crippen LogP) is 3.70. The number of carbonyl (C=O) groups is 1. The number of benzene rings is 1. The Morgan fingerprint density at radius 1 is 1.27 bits per heavy atom. The smallest absolute Gasteiger partial charge is 0.310 e. The van der Waals surface area contributed by atoms with Gasteiger partial charge in [-0.05, 0) is 45.8 Å². The van der Waals surface area contributed by atoms with Crippen molar-refractivity contribution in [2.45, 2.75) is 44.6 Å². The van der Waals surface area contributed by atoms with Crippen molar-refractivity contribution >= 4 is 18.4 Å². The fourth-order valence-electron chi connectivity index (χ4n) is 3.29. The molecule has 0 aliphatic heterocycles. The minimum atomic E-state index is -0.311. The molecule has 0 amide bonds. The Bertz CT molecular complexity index is 463. The zero-order valence-corrected chi connectivity index (χ0v) is 14.7. The zero-order chi connectivity index (χ0) is 15.3. The van der Waals surface area contributed by atoms with Gasteiger partial charge in [-0.1, -0.05) is 36.8 Å². The van der Waals surface area contributed by atoms with Crippen molar-refractivity contribution in [3.8, 4) is 0 Å². The minimum Gasteiger partial charge on any atom is -0.459 e. The van der Waals surface area contributed by atoms with Crippen LogP contribution in [-0.4, -0.2) is 37.1 Å². The van der Waals surface area contributed by atoms with Crippen LogP contribution in [0.5, 0.6) is 0 Å². The van der Waals surface area contributed by atoms with E-state index in [4.69, 9.17) is 4.74 Å². The topological polar surface area (TPSA) is 29.5 Å². The van der Waals surface area contributed by atoms with Crippen molar-refractivity contribution in [1.82, 2.24) is 4.90 Å². The lowest BCUT2D eigenvalue weighted by Crippen LogP contribution is -2.46. The average molecular weight is 326 g/mol. The van der Waals surface area contributed by atoms with E-state index in [0.717, 1.165) is 31.4 Å². The van der Waals surface area contributed by atoms with Crippen LogP contribution in [0.2, 0.25) is 0 Å². The van der Waals surface area contributed by atoms with Crippen molar-refractivity contribution in [3.63, 3.8) is 0 Å². The van der Waals surface area contributed by atoms with E-state index in [0.29, 0.717) is 12.3 Å². The summed E-state index contributed by atoms with van der Waals surface area (Å²) in [5.74, 6) is 0.329. The largest absolute Gasteiger partial charge is 0.459 e. The number of rotatable bonds is 5. The number of carbonyl (C=O) groups excluding carboxylic acids is 1. The Kier molecular flexibility index (Phi) is 7.37. The maximum atomic E-state index is 12.3. The third-order valence-electron chi connectivity index (χ3n) is 4.46. The first kappa shape index (κ1) is 19.0. The predicted molar refractivity (Wildman–Crippen MR) is 92.4 cm³/mol. The van der Waals surface area contributed by atoms with Crippen molar-refractivity contribution < 1.29 is 9.53 Å². The highest BCUT2D eigenvalue weighted by atomic mass is 35.5. The summed E-state index contributed by atoms with van der Waals surface area (Å²) in [4.78, 5) is 14.5. The molecule has 0 N–H and O–H groups in total. The lowest BCUT2D eigenvalue weighted by atomic mass is 9.76. The molecule has 0 bridgehead atoms. The molecule has 0 radical (unpaired) electrons. The number of nitrogens with zero attached hydrogens (tertiary/aromatic N) is 1. The first-order valence-electron chi connectivity index (χ1n) is 7.90. The second-order valence-corrected chi connectivity index (χ2v) is 6.65. The van der Waals surface area contributed by atoms with Gasteiger partial charge in [-0.2, -0.15) is 0 Å². The van der Waals surface area contributed by atoms with Gasteiger partial charge in [0.05, 0.1) is 6.42 Å². The second kappa shape index (κ2) is 8.54. The van der Waals surface area contributed by atoms with Crippen LogP contribution in [0.15, 0.2) is 30.3 Å². The third-order valence-corrected chi connectivity index (χ3v) is 4.46. The van der Waals surface area contributed by atoms with Crippen LogP contribution in [-0.2, 0) is 16.0 Å². The Hall–Kier alpha value is -1.06.